The maximum absolute atomic E-state index is 12.7. The third-order valence-electron chi connectivity index (χ3n) is 5.04. The number of nitrogens with one attached hydrogen (secondary N) is 1. The van der Waals surface area contributed by atoms with Gasteiger partial charge >= 0.3 is 5.97 Å². The second kappa shape index (κ2) is 7.95. The first kappa shape index (κ1) is 20.7. The average Bonchev–Trinajstić information content (AvgIpc) is 3.33. The van der Waals surface area contributed by atoms with Crippen molar-refractivity contribution in [1.82, 2.24) is 19.3 Å². The number of rotatable bonds is 5. The topological polar surface area (TPSA) is 142 Å². The number of hydrogen-bond donors (Lipinski definition) is 1. The van der Waals surface area contributed by atoms with E-state index in [0.717, 1.165) is 4.57 Å². The number of aromatic nitrogens is 4. The molecule has 1 N–H and O–H groups in total. The number of ether oxygens (including phenoxy) is 1. The maximum atomic E-state index is 12.7. The average molecular weight is 445 g/mol. The van der Waals surface area contributed by atoms with Gasteiger partial charge in [-0.15, -0.1) is 0 Å². The molecular formula is C19H19N5O6S. The van der Waals surface area contributed by atoms with E-state index in [2.05, 4.69) is 20.1 Å². The van der Waals surface area contributed by atoms with Crippen LogP contribution in [0.3, 0.4) is 0 Å². The fourth-order valence-electron chi connectivity index (χ4n) is 3.48. The zero-order chi connectivity index (χ0) is 22.2. The predicted molar refractivity (Wildman–Crippen MR) is 111 cm³/mol. The molecule has 0 bridgehead atoms. The Kier molecular flexibility index (Phi) is 5.31. The molecule has 1 aliphatic heterocycles. The third-order valence-corrected chi connectivity index (χ3v) is 6.79. The first-order valence-electron chi connectivity index (χ1n) is 9.39. The van der Waals surface area contributed by atoms with Gasteiger partial charge in [0.15, 0.2) is 15.5 Å². The molecular weight excluding hydrogens is 426 g/mol. The van der Waals surface area contributed by atoms with Crippen LogP contribution < -0.4 is 10.9 Å². The predicted octanol–water partition coefficient (Wildman–Crippen LogP) is 0.378. The molecule has 3 aromatic rings. The van der Waals surface area contributed by atoms with E-state index in [4.69, 9.17) is 0 Å². The molecule has 11 nitrogen and oxygen atoms in total. The van der Waals surface area contributed by atoms with Crippen LogP contribution in [0.15, 0.2) is 41.6 Å². The van der Waals surface area contributed by atoms with Crippen molar-refractivity contribution in [2.24, 2.45) is 0 Å². The number of amides is 1. The Morgan fingerprint density at radius 2 is 2.00 bits per heavy atom. The summed E-state index contributed by atoms with van der Waals surface area (Å²) in [6.45, 7) is -0.274. The van der Waals surface area contributed by atoms with Gasteiger partial charge in [0, 0.05) is 5.69 Å². The van der Waals surface area contributed by atoms with E-state index in [9.17, 15) is 22.8 Å². The fourth-order valence-corrected chi connectivity index (χ4v) is 5.17. The van der Waals surface area contributed by atoms with Crippen molar-refractivity contribution in [3.63, 3.8) is 0 Å². The molecule has 0 saturated carbocycles. The second-order valence-corrected chi connectivity index (χ2v) is 9.41. The minimum Gasteiger partial charge on any atom is -0.465 e. The smallest absolute Gasteiger partial charge is 0.337 e. The van der Waals surface area contributed by atoms with Crippen LogP contribution in [0.5, 0.6) is 0 Å². The summed E-state index contributed by atoms with van der Waals surface area (Å²) in [5, 5.41) is 7.01. The van der Waals surface area contributed by atoms with Crippen LogP contribution in [0.1, 0.15) is 22.8 Å². The Hall–Kier alpha value is -3.54. The van der Waals surface area contributed by atoms with Crippen LogP contribution in [-0.2, 0) is 25.9 Å². The summed E-state index contributed by atoms with van der Waals surface area (Å²) in [5.74, 6) is -0.898. The van der Waals surface area contributed by atoms with Gasteiger partial charge < -0.3 is 10.1 Å². The van der Waals surface area contributed by atoms with Crippen molar-refractivity contribution < 1.29 is 22.7 Å². The molecule has 4 rings (SSSR count). The number of carbonyl (C=O) groups excluding carboxylic acids is 2. The minimum atomic E-state index is -3.11. The van der Waals surface area contributed by atoms with Crippen LogP contribution in [0, 0.1) is 0 Å². The van der Waals surface area contributed by atoms with Gasteiger partial charge in [-0.2, -0.15) is 5.10 Å². The first-order valence-corrected chi connectivity index (χ1v) is 11.2. The van der Waals surface area contributed by atoms with Gasteiger partial charge in [0.05, 0.1) is 36.4 Å². The highest BCUT2D eigenvalue weighted by atomic mass is 32.2. The van der Waals surface area contributed by atoms with Crippen LogP contribution in [0.25, 0.3) is 11.0 Å². The first-order chi connectivity index (χ1) is 14.8. The molecule has 12 heteroatoms. The molecule has 1 aromatic carbocycles. The van der Waals surface area contributed by atoms with Crippen molar-refractivity contribution in [2.45, 2.75) is 19.0 Å². The standard InChI is InChI=1S/C19H19N5O6S/c1-30-19(27)12-2-4-13(5-3-12)22-16(25)9-23-11-20-17-15(18(23)26)8-21-24(17)14-6-7-31(28,29)10-14/h2-5,8,11,14H,6-7,9-10H2,1H3,(H,22,25). The van der Waals surface area contributed by atoms with Crippen molar-refractivity contribution in [1.29, 1.82) is 0 Å². The SMILES string of the molecule is COC(=O)c1ccc(NC(=O)Cn2cnc3c(cnn3C3CCS(=O)(=O)C3)c2=O)cc1. The van der Waals surface area contributed by atoms with Gasteiger partial charge in [0.2, 0.25) is 5.91 Å². The highest BCUT2D eigenvalue weighted by Crippen LogP contribution is 2.25. The zero-order valence-corrected chi connectivity index (χ0v) is 17.3. The lowest BCUT2D eigenvalue weighted by atomic mass is 10.2. The van der Waals surface area contributed by atoms with Gasteiger partial charge in [-0.25, -0.2) is 22.9 Å². The Labute approximate surface area is 176 Å². The number of esters is 1. The molecule has 1 aliphatic rings. The number of hydrogen-bond acceptors (Lipinski definition) is 8. The normalized spacial score (nSPS) is 17.5. The lowest BCUT2D eigenvalue weighted by Crippen LogP contribution is -2.28. The Balaban J connectivity index is 1.50. The van der Waals surface area contributed by atoms with Crippen LogP contribution >= 0.6 is 0 Å². The van der Waals surface area contributed by atoms with Crippen molar-refractivity contribution in [3.8, 4) is 0 Å². The van der Waals surface area contributed by atoms with Crippen LogP contribution in [-0.4, -0.2) is 58.2 Å². The van der Waals surface area contributed by atoms with E-state index < -0.39 is 27.3 Å². The fraction of sp³-hybridized carbons (Fsp3) is 0.316. The van der Waals surface area contributed by atoms with E-state index in [-0.39, 0.29) is 29.5 Å². The molecule has 0 aliphatic carbocycles. The van der Waals surface area contributed by atoms with E-state index in [1.807, 2.05) is 0 Å². The van der Waals surface area contributed by atoms with Gasteiger partial charge in [-0.05, 0) is 30.7 Å². The molecule has 1 amide bonds. The lowest BCUT2D eigenvalue weighted by molar-refractivity contribution is -0.116. The molecule has 1 unspecified atom stereocenters. The van der Waals surface area contributed by atoms with Gasteiger partial charge in [0.1, 0.15) is 18.3 Å². The number of methoxy groups -OCH3 is 1. The zero-order valence-electron chi connectivity index (χ0n) is 16.5. The second-order valence-electron chi connectivity index (χ2n) is 7.18. The van der Waals surface area contributed by atoms with E-state index >= 15 is 0 Å². The maximum Gasteiger partial charge on any atom is 0.337 e. The summed E-state index contributed by atoms with van der Waals surface area (Å²) >= 11 is 0. The molecule has 1 saturated heterocycles. The third kappa shape index (κ3) is 4.19. The number of sulfone groups is 1. The summed E-state index contributed by atoms with van der Waals surface area (Å²) in [4.78, 5) is 40.8. The van der Waals surface area contributed by atoms with E-state index in [1.165, 1.54) is 36.4 Å². The largest absolute Gasteiger partial charge is 0.465 e. The summed E-state index contributed by atoms with van der Waals surface area (Å²) in [5.41, 5.74) is 0.642. The van der Waals surface area contributed by atoms with Crippen molar-refractivity contribution >= 4 is 38.4 Å². The molecule has 0 spiro atoms. The Bertz CT molecular complexity index is 1330. The van der Waals surface area contributed by atoms with Gasteiger partial charge in [-0.3, -0.25) is 14.2 Å². The van der Waals surface area contributed by atoms with E-state index in [0.29, 0.717) is 23.3 Å². The van der Waals surface area contributed by atoms with Crippen molar-refractivity contribution in [2.75, 3.05) is 23.9 Å². The molecule has 1 atom stereocenters. The van der Waals surface area contributed by atoms with Crippen LogP contribution in [0.2, 0.25) is 0 Å². The van der Waals surface area contributed by atoms with E-state index in [1.54, 1.807) is 12.1 Å². The monoisotopic (exact) mass is 445 g/mol. The van der Waals surface area contributed by atoms with Gasteiger partial charge in [0.25, 0.3) is 5.56 Å². The molecule has 3 heterocycles. The quantitative estimate of drug-likeness (QED) is 0.555. The summed E-state index contributed by atoms with van der Waals surface area (Å²) in [6, 6.07) is 5.77. The molecule has 162 valence electrons. The highest BCUT2D eigenvalue weighted by molar-refractivity contribution is 7.91. The molecule has 1 fully saturated rings. The lowest BCUT2D eigenvalue weighted by Gasteiger charge is -2.10. The Morgan fingerprint density at radius 1 is 1.26 bits per heavy atom. The number of benzene rings is 1. The summed E-state index contributed by atoms with van der Waals surface area (Å²) in [7, 11) is -1.84. The number of nitrogens with zero attached hydrogens (tertiary/aromatic N) is 4. The van der Waals surface area contributed by atoms with Gasteiger partial charge in [-0.1, -0.05) is 0 Å². The summed E-state index contributed by atoms with van der Waals surface area (Å²) < 4.78 is 30.7. The molecule has 31 heavy (non-hydrogen) atoms. The number of fused-ring (bicyclic) bond motifs is 1. The van der Waals surface area contributed by atoms with Crippen molar-refractivity contribution in [3.05, 3.63) is 52.7 Å². The number of carbonyl (C=O) groups is 2. The Morgan fingerprint density at radius 3 is 2.65 bits per heavy atom. The number of anilines is 1. The summed E-state index contributed by atoms with van der Waals surface area (Å²) in [6.07, 6.45) is 3.00. The molecule has 0 radical (unpaired) electrons. The van der Waals surface area contributed by atoms with Crippen LogP contribution in [0.4, 0.5) is 5.69 Å². The molecule has 2 aromatic heterocycles. The highest BCUT2D eigenvalue weighted by Gasteiger charge is 2.31. The minimum absolute atomic E-state index is 0.0360.